The van der Waals surface area contributed by atoms with Crippen LogP contribution in [-0.4, -0.2) is 40.7 Å². The van der Waals surface area contributed by atoms with Crippen LogP contribution in [0.1, 0.15) is 62.6 Å². The predicted octanol–water partition coefficient (Wildman–Crippen LogP) is 6.99. The maximum Gasteiger partial charge on any atom is 0.257 e. The van der Waals surface area contributed by atoms with E-state index in [4.69, 9.17) is 28.3 Å². The molecule has 5 rings (SSSR count). The molecule has 6 heteroatoms. The minimum atomic E-state index is -0.0891. The Morgan fingerprint density at radius 1 is 1.00 bits per heavy atom. The van der Waals surface area contributed by atoms with Crippen molar-refractivity contribution in [3.8, 4) is 0 Å². The molecule has 3 atom stereocenters. The van der Waals surface area contributed by atoms with Crippen LogP contribution in [0.3, 0.4) is 0 Å². The standard InChI is InChI=1S/C28H31Cl2N3O/c1-19-5-2-3-16-32(19)18-26(34)33-28(21-10-14-24(30)15-11-21)25-7-4-6-22(27(25)31-33)17-20-8-12-23(29)13-9-20/h8-15,17,19,25,28H,2-7,16,18H2,1H3/b22-17-/t19-,25+,28-/m1/s1. The monoisotopic (exact) mass is 495 g/mol. The van der Waals surface area contributed by atoms with E-state index in [2.05, 4.69) is 17.9 Å². The third-order valence-electron chi connectivity index (χ3n) is 7.46. The van der Waals surface area contributed by atoms with E-state index in [1.807, 2.05) is 48.5 Å². The molecule has 2 aromatic carbocycles. The number of hydrogen-bond acceptors (Lipinski definition) is 3. The molecule has 1 aliphatic carbocycles. The van der Waals surface area contributed by atoms with E-state index in [1.165, 1.54) is 12.0 Å². The molecule has 0 unspecified atom stereocenters. The molecule has 0 N–H and O–H groups in total. The quantitative estimate of drug-likeness (QED) is 0.457. The van der Waals surface area contributed by atoms with Crippen LogP contribution < -0.4 is 0 Å². The van der Waals surface area contributed by atoms with Crippen LogP contribution in [-0.2, 0) is 4.79 Å². The lowest BCUT2D eigenvalue weighted by Gasteiger charge is -2.35. The van der Waals surface area contributed by atoms with Crippen molar-refractivity contribution in [2.45, 2.75) is 57.5 Å². The predicted molar refractivity (Wildman–Crippen MR) is 140 cm³/mol. The molecular weight excluding hydrogens is 465 g/mol. The molecule has 1 saturated heterocycles. The number of hydrazone groups is 1. The van der Waals surface area contributed by atoms with Gasteiger partial charge in [0.2, 0.25) is 0 Å². The number of benzene rings is 2. The number of halogens is 2. The highest BCUT2D eigenvalue weighted by molar-refractivity contribution is 6.30. The average molecular weight is 496 g/mol. The van der Waals surface area contributed by atoms with Gasteiger partial charge in [0.15, 0.2) is 0 Å². The molecule has 4 nitrogen and oxygen atoms in total. The molecule has 2 aliphatic heterocycles. The molecule has 3 aliphatic rings. The maximum absolute atomic E-state index is 13.7. The van der Waals surface area contributed by atoms with E-state index < -0.39 is 0 Å². The van der Waals surface area contributed by atoms with Gasteiger partial charge in [0, 0.05) is 22.0 Å². The zero-order chi connectivity index (χ0) is 23.7. The molecule has 2 heterocycles. The summed E-state index contributed by atoms with van der Waals surface area (Å²) in [6.45, 7) is 3.63. The van der Waals surface area contributed by atoms with Gasteiger partial charge >= 0.3 is 0 Å². The first-order valence-corrected chi connectivity index (χ1v) is 13.1. The molecule has 2 fully saturated rings. The maximum atomic E-state index is 13.7. The number of hydrogen-bond donors (Lipinski definition) is 0. The second kappa shape index (κ2) is 10.2. The van der Waals surface area contributed by atoms with Crippen molar-refractivity contribution >= 4 is 40.9 Å². The third-order valence-corrected chi connectivity index (χ3v) is 7.96. The van der Waals surface area contributed by atoms with Crippen molar-refractivity contribution in [3.63, 3.8) is 0 Å². The molecular formula is C28H31Cl2N3O. The smallest absolute Gasteiger partial charge is 0.257 e. The number of rotatable bonds is 4. The highest BCUT2D eigenvalue weighted by Gasteiger charge is 2.44. The van der Waals surface area contributed by atoms with Gasteiger partial charge in [-0.3, -0.25) is 9.69 Å². The second-order valence-electron chi connectivity index (χ2n) is 9.76. The average Bonchev–Trinajstić information content (AvgIpc) is 3.23. The molecule has 1 saturated carbocycles. The summed E-state index contributed by atoms with van der Waals surface area (Å²) in [6, 6.07) is 16.2. The molecule has 2 aromatic rings. The lowest BCUT2D eigenvalue weighted by molar-refractivity contribution is -0.135. The van der Waals surface area contributed by atoms with Crippen LogP contribution >= 0.6 is 23.2 Å². The van der Waals surface area contributed by atoms with Crippen LogP contribution in [0.2, 0.25) is 10.0 Å². The highest BCUT2D eigenvalue weighted by atomic mass is 35.5. The fourth-order valence-electron chi connectivity index (χ4n) is 5.60. The van der Waals surface area contributed by atoms with Crippen LogP contribution in [0.5, 0.6) is 0 Å². The Morgan fingerprint density at radius 3 is 2.41 bits per heavy atom. The number of likely N-dealkylation sites (tertiary alicyclic amines) is 1. The van der Waals surface area contributed by atoms with Crippen molar-refractivity contribution in [2.75, 3.05) is 13.1 Å². The van der Waals surface area contributed by atoms with E-state index >= 15 is 0 Å². The number of nitrogens with zero attached hydrogens (tertiary/aromatic N) is 3. The summed E-state index contributed by atoms with van der Waals surface area (Å²) < 4.78 is 0. The van der Waals surface area contributed by atoms with Crippen LogP contribution in [0.25, 0.3) is 6.08 Å². The Hall–Kier alpha value is -2.14. The van der Waals surface area contributed by atoms with E-state index in [-0.39, 0.29) is 17.9 Å². The van der Waals surface area contributed by atoms with Crippen LogP contribution in [0.4, 0.5) is 0 Å². The molecule has 0 radical (unpaired) electrons. The Balaban J connectivity index is 1.48. The zero-order valence-electron chi connectivity index (χ0n) is 19.6. The topological polar surface area (TPSA) is 35.9 Å². The van der Waals surface area contributed by atoms with Gasteiger partial charge in [0.1, 0.15) is 0 Å². The zero-order valence-corrected chi connectivity index (χ0v) is 21.1. The first kappa shape index (κ1) is 23.6. The molecule has 0 bridgehead atoms. The van der Waals surface area contributed by atoms with E-state index in [1.54, 1.807) is 5.01 Å². The van der Waals surface area contributed by atoms with Crippen molar-refractivity contribution in [3.05, 3.63) is 75.3 Å². The van der Waals surface area contributed by atoms with Crippen LogP contribution in [0.15, 0.2) is 59.2 Å². The number of fused-ring (bicyclic) bond motifs is 1. The Bertz CT molecular complexity index is 1090. The number of piperidine rings is 1. The van der Waals surface area contributed by atoms with Gasteiger partial charge in [0.25, 0.3) is 5.91 Å². The highest BCUT2D eigenvalue weighted by Crippen LogP contribution is 2.44. The molecule has 1 amide bonds. The number of carbonyl (C=O) groups is 1. The second-order valence-corrected chi connectivity index (χ2v) is 10.6. The van der Waals surface area contributed by atoms with E-state index in [0.717, 1.165) is 60.5 Å². The van der Waals surface area contributed by atoms with Gasteiger partial charge in [0.05, 0.1) is 18.3 Å². The number of carbonyl (C=O) groups excluding carboxylic acids is 1. The summed E-state index contributed by atoms with van der Waals surface area (Å²) in [7, 11) is 0. The van der Waals surface area contributed by atoms with Gasteiger partial charge in [-0.05, 0) is 92.6 Å². The molecule has 0 spiro atoms. The van der Waals surface area contributed by atoms with Gasteiger partial charge in [-0.15, -0.1) is 0 Å². The molecule has 0 aromatic heterocycles. The number of allylic oxidation sites excluding steroid dienone is 1. The van der Waals surface area contributed by atoms with Crippen molar-refractivity contribution < 1.29 is 4.79 Å². The largest absolute Gasteiger partial charge is 0.292 e. The van der Waals surface area contributed by atoms with Gasteiger partial charge < -0.3 is 0 Å². The molecule has 178 valence electrons. The van der Waals surface area contributed by atoms with Crippen molar-refractivity contribution in [1.82, 2.24) is 9.91 Å². The first-order chi connectivity index (χ1) is 16.5. The Kier molecular flexibility index (Phi) is 7.10. The van der Waals surface area contributed by atoms with Crippen LogP contribution in [0, 0.1) is 5.92 Å². The van der Waals surface area contributed by atoms with Gasteiger partial charge in [-0.2, -0.15) is 5.10 Å². The summed E-state index contributed by atoms with van der Waals surface area (Å²) in [5.74, 6) is 0.276. The van der Waals surface area contributed by atoms with Gasteiger partial charge in [-0.25, -0.2) is 5.01 Å². The molecule has 34 heavy (non-hydrogen) atoms. The first-order valence-electron chi connectivity index (χ1n) is 12.4. The fourth-order valence-corrected chi connectivity index (χ4v) is 5.85. The normalized spacial score (nSPS) is 26.4. The summed E-state index contributed by atoms with van der Waals surface area (Å²) >= 11 is 12.3. The third kappa shape index (κ3) is 4.95. The summed E-state index contributed by atoms with van der Waals surface area (Å²) in [5.41, 5.74) is 4.49. The lowest BCUT2D eigenvalue weighted by atomic mass is 9.77. The van der Waals surface area contributed by atoms with Crippen molar-refractivity contribution in [2.24, 2.45) is 11.0 Å². The van der Waals surface area contributed by atoms with E-state index in [0.29, 0.717) is 17.6 Å². The Morgan fingerprint density at radius 2 is 1.71 bits per heavy atom. The SMILES string of the molecule is C[C@@H]1CCCCN1CC(=O)N1N=C2/C(=C\c3ccc(Cl)cc3)CCC[C@@H]2[C@H]1c1ccc(Cl)cc1. The number of amides is 1. The Labute approximate surface area is 212 Å². The lowest BCUT2D eigenvalue weighted by Crippen LogP contribution is -2.45. The van der Waals surface area contributed by atoms with Gasteiger partial charge in [-0.1, -0.05) is 53.9 Å². The summed E-state index contributed by atoms with van der Waals surface area (Å²) in [6.07, 6.45) is 8.83. The minimum absolute atomic E-state index is 0.0847. The summed E-state index contributed by atoms with van der Waals surface area (Å²) in [5, 5.41) is 8.24. The summed E-state index contributed by atoms with van der Waals surface area (Å²) in [4.78, 5) is 16.0. The fraction of sp³-hybridized carbons (Fsp3) is 0.429. The minimum Gasteiger partial charge on any atom is -0.292 e. The van der Waals surface area contributed by atoms with Crippen molar-refractivity contribution in [1.29, 1.82) is 0 Å². The van der Waals surface area contributed by atoms with E-state index in [9.17, 15) is 4.79 Å².